The lowest BCUT2D eigenvalue weighted by atomic mass is 9.98. The van der Waals surface area contributed by atoms with E-state index in [1.165, 1.54) is 17.1 Å². The molecule has 6 heteroatoms. The normalized spacial score (nSPS) is 17.0. The van der Waals surface area contributed by atoms with Crippen LogP contribution in [-0.4, -0.2) is 28.6 Å². The van der Waals surface area contributed by atoms with Crippen LogP contribution in [0.5, 0.6) is 0 Å². The molecule has 2 aromatic rings. The second-order valence-corrected chi connectivity index (χ2v) is 5.91. The van der Waals surface area contributed by atoms with Crippen molar-refractivity contribution in [1.82, 2.24) is 9.59 Å². The summed E-state index contributed by atoms with van der Waals surface area (Å²) in [5.74, 6) is 0.329. The maximum atomic E-state index is 12.8. The summed E-state index contributed by atoms with van der Waals surface area (Å²) in [5.41, 5.74) is 8.70. The van der Waals surface area contributed by atoms with E-state index in [0.717, 1.165) is 24.2 Å². The summed E-state index contributed by atoms with van der Waals surface area (Å²) < 4.78 is 3.92. The predicted octanol–water partition coefficient (Wildman–Crippen LogP) is 2.19. The third kappa shape index (κ3) is 2.45. The Morgan fingerprint density at radius 1 is 1.48 bits per heavy atom. The Hall–Kier alpha value is -1.79. The first-order chi connectivity index (χ1) is 10.3. The van der Waals surface area contributed by atoms with Crippen molar-refractivity contribution < 1.29 is 4.79 Å². The average Bonchev–Trinajstić information content (AvgIpc) is 3.12. The third-order valence-electron chi connectivity index (χ3n) is 3.92. The lowest BCUT2D eigenvalue weighted by molar-refractivity contribution is 0.0991. The Balaban J connectivity index is 1.95. The van der Waals surface area contributed by atoms with Crippen molar-refractivity contribution in [2.45, 2.75) is 25.7 Å². The molecular formula is C15H18N4OS. The van der Waals surface area contributed by atoms with Gasteiger partial charge in [-0.1, -0.05) is 29.6 Å². The zero-order valence-corrected chi connectivity index (χ0v) is 12.8. The average molecular weight is 302 g/mol. The van der Waals surface area contributed by atoms with Crippen LogP contribution in [0.2, 0.25) is 0 Å². The lowest BCUT2D eigenvalue weighted by Gasteiger charge is -2.17. The Kier molecular flexibility index (Phi) is 3.98. The molecule has 0 saturated carbocycles. The zero-order chi connectivity index (χ0) is 14.8. The SMILES string of the molecule is CCc1nnsc1C(=O)N1CC(CCN)c2ccccc21. The van der Waals surface area contributed by atoms with Crippen LogP contribution in [0.1, 0.15) is 40.2 Å². The van der Waals surface area contributed by atoms with Gasteiger partial charge in [0.1, 0.15) is 4.88 Å². The molecule has 0 fully saturated rings. The number of aryl methyl sites for hydroxylation is 1. The molecule has 0 saturated heterocycles. The highest BCUT2D eigenvalue weighted by Gasteiger charge is 2.33. The number of fused-ring (bicyclic) bond motifs is 1. The van der Waals surface area contributed by atoms with Crippen molar-refractivity contribution in [1.29, 1.82) is 0 Å². The van der Waals surface area contributed by atoms with Gasteiger partial charge >= 0.3 is 0 Å². The van der Waals surface area contributed by atoms with E-state index >= 15 is 0 Å². The van der Waals surface area contributed by atoms with Gasteiger partial charge < -0.3 is 10.6 Å². The van der Waals surface area contributed by atoms with Crippen molar-refractivity contribution >= 4 is 23.1 Å². The molecule has 21 heavy (non-hydrogen) atoms. The van der Waals surface area contributed by atoms with Gasteiger partial charge in [-0.2, -0.15) is 0 Å². The van der Waals surface area contributed by atoms with Gasteiger partial charge in [0.05, 0.1) is 5.69 Å². The van der Waals surface area contributed by atoms with E-state index < -0.39 is 0 Å². The van der Waals surface area contributed by atoms with Gasteiger partial charge in [-0.3, -0.25) is 4.79 Å². The molecule has 1 aliphatic heterocycles. The topological polar surface area (TPSA) is 72.1 Å². The van der Waals surface area contributed by atoms with Crippen molar-refractivity contribution in [2.75, 3.05) is 18.0 Å². The maximum absolute atomic E-state index is 12.8. The number of hydrogen-bond acceptors (Lipinski definition) is 5. The quantitative estimate of drug-likeness (QED) is 0.939. The molecule has 2 N–H and O–H groups in total. The summed E-state index contributed by atoms with van der Waals surface area (Å²) >= 11 is 1.18. The molecule has 1 aromatic heterocycles. The van der Waals surface area contributed by atoms with Gasteiger partial charge in [-0.25, -0.2) is 0 Å². The number of rotatable bonds is 4. The second kappa shape index (κ2) is 5.91. The fourth-order valence-corrected chi connectivity index (χ4v) is 3.56. The number of aromatic nitrogens is 2. The number of hydrogen-bond donors (Lipinski definition) is 1. The third-order valence-corrected chi connectivity index (χ3v) is 4.67. The van der Waals surface area contributed by atoms with E-state index in [-0.39, 0.29) is 5.91 Å². The maximum Gasteiger partial charge on any atom is 0.271 e. The molecule has 2 heterocycles. The van der Waals surface area contributed by atoms with Crippen LogP contribution < -0.4 is 10.6 Å². The Labute approximate surface area is 127 Å². The number of anilines is 1. The van der Waals surface area contributed by atoms with Gasteiger partial charge in [0, 0.05) is 18.2 Å². The number of nitrogens with zero attached hydrogens (tertiary/aromatic N) is 3. The summed E-state index contributed by atoms with van der Waals surface area (Å²) in [6, 6.07) is 8.08. The first-order valence-corrected chi connectivity index (χ1v) is 7.95. The molecule has 3 rings (SSSR count). The van der Waals surface area contributed by atoms with Gasteiger partial charge in [-0.05, 0) is 42.5 Å². The minimum absolute atomic E-state index is 0.00817. The van der Waals surface area contributed by atoms with E-state index in [1.807, 2.05) is 30.0 Å². The van der Waals surface area contributed by atoms with E-state index in [4.69, 9.17) is 5.73 Å². The van der Waals surface area contributed by atoms with E-state index in [2.05, 4.69) is 15.7 Å². The summed E-state index contributed by atoms with van der Waals surface area (Å²) in [6.07, 6.45) is 1.61. The highest BCUT2D eigenvalue weighted by molar-refractivity contribution is 7.08. The first kappa shape index (κ1) is 14.2. The standard InChI is InChI=1S/C15H18N4OS/c1-2-12-14(21-18-17-12)15(20)19-9-10(7-8-16)11-5-3-4-6-13(11)19/h3-6,10H,2,7-9,16H2,1H3. The Morgan fingerprint density at radius 3 is 3.05 bits per heavy atom. The number of nitrogens with two attached hydrogens (primary N) is 1. The van der Waals surface area contributed by atoms with Gasteiger partial charge in [0.2, 0.25) is 0 Å². The Morgan fingerprint density at radius 2 is 2.29 bits per heavy atom. The minimum atomic E-state index is 0.00817. The molecule has 0 radical (unpaired) electrons. The van der Waals surface area contributed by atoms with E-state index in [0.29, 0.717) is 23.9 Å². The van der Waals surface area contributed by atoms with Gasteiger partial charge in [0.25, 0.3) is 5.91 Å². The molecule has 5 nitrogen and oxygen atoms in total. The highest BCUT2D eigenvalue weighted by Crippen LogP contribution is 2.38. The first-order valence-electron chi connectivity index (χ1n) is 7.18. The van der Waals surface area contributed by atoms with Crippen LogP contribution in [0.3, 0.4) is 0 Å². The van der Waals surface area contributed by atoms with Crippen LogP contribution in [0.25, 0.3) is 0 Å². The monoisotopic (exact) mass is 302 g/mol. The fraction of sp³-hybridized carbons (Fsp3) is 0.400. The van der Waals surface area contributed by atoms with Gasteiger partial charge in [0.15, 0.2) is 0 Å². The summed E-state index contributed by atoms with van der Waals surface area (Å²) in [6.45, 7) is 3.31. The lowest BCUT2D eigenvalue weighted by Crippen LogP contribution is -2.30. The molecule has 0 aliphatic carbocycles. The molecule has 1 amide bonds. The fourth-order valence-electron chi connectivity index (χ4n) is 2.86. The highest BCUT2D eigenvalue weighted by atomic mass is 32.1. The van der Waals surface area contributed by atoms with E-state index in [9.17, 15) is 4.79 Å². The second-order valence-electron chi connectivity index (χ2n) is 5.15. The smallest absolute Gasteiger partial charge is 0.271 e. The predicted molar refractivity (Wildman–Crippen MR) is 83.8 cm³/mol. The summed E-state index contributed by atoms with van der Waals surface area (Å²) in [7, 11) is 0. The van der Waals surface area contributed by atoms with Crippen molar-refractivity contribution in [2.24, 2.45) is 5.73 Å². The van der Waals surface area contributed by atoms with Crippen LogP contribution in [0.4, 0.5) is 5.69 Å². The molecule has 0 bridgehead atoms. The molecule has 1 unspecified atom stereocenters. The largest absolute Gasteiger partial charge is 0.330 e. The van der Waals surface area contributed by atoms with Crippen molar-refractivity contribution in [3.8, 4) is 0 Å². The molecular weight excluding hydrogens is 284 g/mol. The van der Waals surface area contributed by atoms with Crippen molar-refractivity contribution in [3.63, 3.8) is 0 Å². The van der Waals surface area contributed by atoms with Crippen LogP contribution in [-0.2, 0) is 6.42 Å². The zero-order valence-electron chi connectivity index (χ0n) is 12.0. The number of amides is 1. The molecule has 0 spiro atoms. The van der Waals surface area contributed by atoms with Gasteiger partial charge in [-0.15, -0.1) is 5.10 Å². The molecule has 1 aromatic carbocycles. The van der Waals surface area contributed by atoms with Crippen LogP contribution in [0, 0.1) is 0 Å². The van der Waals surface area contributed by atoms with Crippen molar-refractivity contribution in [3.05, 3.63) is 40.4 Å². The van der Waals surface area contributed by atoms with E-state index in [1.54, 1.807) is 0 Å². The number of benzene rings is 1. The number of carbonyl (C=O) groups is 1. The van der Waals surface area contributed by atoms with Crippen LogP contribution in [0.15, 0.2) is 24.3 Å². The number of para-hydroxylation sites is 1. The molecule has 1 aliphatic rings. The minimum Gasteiger partial charge on any atom is -0.330 e. The molecule has 1 atom stereocenters. The van der Waals surface area contributed by atoms with Crippen LogP contribution >= 0.6 is 11.5 Å². The Bertz CT molecular complexity index is 655. The molecule has 110 valence electrons. The summed E-state index contributed by atoms with van der Waals surface area (Å²) in [5, 5.41) is 4.04. The number of carbonyl (C=O) groups excluding carboxylic acids is 1. The summed E-state index contributed by atoms with van der Waals surface area (Å²) in [4.78, 5) is 15.3.